The van der Waals surface area contributed by atoms with Gasteiger partial charge in [0, 0.05) is 18.1 Å². The molecular weight excluding hydrogens is 403 g/mol. The summed E-state index contributed by atoms with van der Waals surface area (Å²) < 4.78 is 40.8. The van der Waals surface area contributed by atoms with Gasteiger partial charge in [0.15, 0.2) is 0 Å². The molecule has 0 radical (unpaired) electrons. The van der Waals surface area contributed by atoms with E-state index in [4.69, 9.17) is 0 Å². The van der Waals surface area contributed by atoms with Gasteiger partial charge in [0.25, 0.3) is 0 Å². The molecule has 1 aromatic carbocycles. The lowest BCUT2D eigenvalue weighted by molar-refractivity contribution is -0.176. The van der Waals surface area contributed by atoms with Crippen LogP contribution in [-0.2, 0) is 29.1 Å². The molecule has 3 rings (SSSR count). The van der Waals surface area contributed by atoms with Crippen LogP contribution in [-0.4, -0.2) is 28.7 Å². The zero-order valence-corrected chi connectivity index (χ0v) is 16.1. The van der Waals surface area contributed by atoms with Crippen molar-refractivity contribution < 1.29 is 22.7 Å². The summed E-state index contributed by atoms with van der Waals surface area (Å²) in [6.07, 6.45) is -2.48. The maximum atomic E-state index is 12.1. The minimum absolute atomic E-state index is 0.116. The fraction of sp³-hybridized carbons (Fsp3) is 0.250. The molecule has 1 amide bonds. The molecule has 0 aliphatic heterocycles. The Morgan fingerprint density at radius 2 is 1.86 bits per heavy atom. The van der Waals surface area contributed by atoms with E-state index < -0.39 is 12.8 Å². The summed E-state index contributed by atoms with van der Waals surface area (Å²) in [6, 6.07) is 12.4. The quantitative estimate of drug-likeness (QED) is 0.594. The van der Waals surface area contributed by atoms with Gasteiger partial charge in [-0.15, -0.1) is 11.3 Å². The molecule has 2 heterocycles. The molecule has 0 fully saturated rings. The van der Waals surface area contributed by atoms with Crippen molar-refractivity contribution in [1.82, 2.24) is 15.3 Å². The third kappa shape index (κ3) is 6.95. The molecule has 2 aromatic heterocycles. The SMILES string of the molecule is O=C(Cc1csc(-c2ccccn2)n1)NCc1ccc(COCC(F)(F)F)cc1. The van der Waals surface area contributed by atoms with Gasteiger partial charge in [0.2, 0.25) is 5.91 Å². The number of hydrogen-bond donors (Lipinski definition) is 1. The summed E-state index contributed by atoms with van der Waals surface area (Å²) >= 11 is 1.43. The molecule has 0 atom stereocenters. The van der Waals surface area contributed by atoms with Crippen molar-refractivity contribution in [2.75, 3.05) is 6.61 Å². The molecule has 152 valence electrons. The first kappa shape index (κ1) is 20.9. The first-order chi connectivity index (χ1) is 13.9. The van der Waals surface area contributed by atoms with Crippen LogP contribution in [0.5, 0.6) is 0 Å². The van der Waals surface area contributed by atoms with Crippen molar-refractivity contribution >= 4 is 17.2 Å². The van der Waals surface area contributed by atoms with Gasteiger partial charge in [-0.05, 0) is 23.3 Å². The lowest BCUT2D eigenvalue weighted by atomic mass is 10.1. The maximum absolute atomic E-state index is 12.1. The monoisotopic (exact) mass is 421 g/mol. The van der Waals surface area contributed by atoms with E-state index in [-0.39, 0.29) is 18.9 Å². The summed E-state index contributed by atoms with van der Waals surface area (Å²) in [4.78, 5) is 20.8. The van der Waals surface area contributed by atoms with Crippen LogP contribution in [0.4, 0.5) is 13.2 Å². The van der Waals surface area contributed by atoms with Gasteiger partial charge >= 0.3 is 6.18 Å². The lowest BCUT2D eigenvalue weighted by Gasteiger charge is -2.08. The van der Waals surface area contributed by atoms with Crippen molar-refractivity contribution in [2.45, 2.75) is 25.7 Å². The molecule has 0 bridgehead atoms. The molecule has 0 saturated carbocycles. The molecule has 0 spiro atoms. The van der Waals surface area contributed by atoms with Gasteiger partial charge in [0.1, 0.15) is 11.6 Å². The molecule has 0 unspecified atom stereocenters. The maximum Gasteiger partial charge on any atom is 0.411 e. The molecule has 1 N–H and O–H groups in total. The second kappa shape index (κ2) is 9.62. The summed E-state index contributed by atoms with van der Waals surface area (Å²) in [7, 11) is 0. The number of nitrogens with one attached hydrogen (secondary N) is 1. The smallest absolute Gasteiger partial charge is 0.367 e. The van der Waals surface area contributed by atoms with Crippen LogP contribution in [0.3, 0.4) is 0 Å². The molecule has 0 saturated heterocycles. The number of amides is 1. The third-order valence-electron chi connectivity index (χ3n) is 3.82. The van der Waals surface area contributed by atoms with Crippen LogP contribution in [0.2, 0.25) is 0 Å². The van der Waals surface area contributed by atoms with E-state index in [1.807, 2.05) is 23.6 Å². The molecule has 0 aliphatic rings. The number of halogens is 3. The van der Waals surface area contributed by atoms with Crippen molar-refractivity contribution in [3.05, 3.63) is 70.9 Å². The van der Waals surface area contributed by atoms with Gasteiger partial charge in [0.05, 0.1) is 24.4 Å². The Morgan fingerprint density at radius 1 is 1.10 bits per heavy atom. The van der Waals surface area contributed by atoms with Gasteiger partial charge in [-0.25, -0.2) is 4.98 Å². The number of hydrogen-bond acceptors (Lipinski definition) is 5. The van der Waals surface area contributed by atoms with E-state index >= 15 is 0 Å². The van der Waals surface area contributed by atoms with Gasteiger partial charge in [-0.1, -0.05) is 30.3 Å². The second-order valence-corrected chi connectivity index (χ2v) is 7.10. The first-order valence-corrected chi connectivity index (χ1v) is 9.62. The number of pyridine rings is 1. The Labute approximate surface area is 169 Å². The predicted molar refractivity (Wildman–Crippen MR) is 103 cm³/mol. The highest BCUT2D eigenvalue weighted by atomic mass is 32.1. The normalized spacial score (nSPS) is 11.4. The van der Waals surface area contributed by atoms with Crippen LogP contribution in [0, 0.1) is 0 Å². The summed E-state index contributed by atoms with van der Waals surface area (Å²) in [5.41, 5.74) is 2.91. The number of nitrogens with zero attached hydrogens (tertiary/aromatic N) is 2. The zero-order chi connectivity index (χ0) is 20.7. The van der Waals surface area contributed by atoms with Crippen molar-refractivity contribution in [3.63, 3.8) is 0 Å². The number of alkyl halides is 3. The van der Waals surface area contributed by atoms with Crippen molar-refractivity contribution in [3.8, 4) is 10.7 Å². The fourth-order valence-corrected chi connectivity index (χ4v) is 3.26. The Kier molecular flexibility index (Phi) is 6.95. The Morgan fingerprint density at radius 3 is 2.55 bits per heavy atom. The number of benzene rings is 1. The first-order valence-electron chi connectivity index (χ1n) is 8.74. The van der Waals surface area contributed by atoms with E-state index in [1.165, 1.54) is 11.3 Å². The molecule has 9 heteroatoms. The Bertz CT molecular complexity index is 928. The number of ether oxygens (including phenoxy) is 1. The number of carbonyl (C=O) groups excluding carboxylic acids is 1. The van der Waals surface area contributed by atoms with Gasteiger partial charge in [-0.3, -0.25) is 9.78 Å². The minimum Gasteiger partial charge on any atom is -0.367 e. The fourth-order valence-electron chi connectivity index (χ4n) is 2.46. The summed E-state index contributed by atoms with van der Waals surface area (Å²) in [6.45, 7) is -1.07. The molecule has 5 nitrogen and oxygen atoms in total. The van der Waals surface area contributed by atoms with E-state index in [1.54, 1.807) is 30.5 Å². The topological polar surface area (TPSA) is 64.1 Å². The Hall–Kier alpha value is -2.78. The zero-order valence-electron chi connectivity index (χ0n) is 15.3. The van der Waals surface area contributed by atoms with Crippen LogP contribution in [0.25, 0.3) is 10.7 Å². The van der Waals surface area contributed by atoms with Gasteiger partial charge in [-0.2, -0.15) is 13.2 Å². The summed E-state index contributed by atoms with van der Waals surface area (Å²) in [5, 5.41) is 5.40. The number of carbonyl (C=O) groups is 1. The van der Waals surface area contributed by atoms with E-state index in [9.17, 15) is 18.0 Å². The lowest BCUT2D eigenvalue weighted by Crippen LogP contribution is -2.24. The largest absolute Gasteiger partial charge is 0.411 e. The molecule has 0 aliphatic carbocycles. The third-order valence-corrected chi connectivity index (χ3v) is 4.74. The number of rotatable bonds is 8. The number of thiazole rings is 1. The van der Waals surface area contributed by atoms with Crippen LogP contribution in [0.15, 0.2) is 54.0 Å². The summed E-state index contributed by atoms with van der Waals surface area (Å²) in [5.74, 6) is -0.166. The molecule has 29 heavy (non-hydrogen) atoms. The van der Waals surface area contributed by atoms with E-state index in [0.717, 1.165) is 16.3 Å². The minimum atomic E-state index is -4.33. The number of aromatic nitrogens is 2. The van der Waals surface area contributed by atoms with Crippen LogP contribution >= 0.6 is 11.3 Å². The second-order valence-electron chi connectivity index (χ2n) is 6.24. The van der Waals surface area contributed by atoms with Crippen LogP contribution in [0.1, 0.15) is 16.8 Å². The average molecular weight is 421 g/mol. The highest BCUT2D eigenvalue weighted by Gasteiger charge is 2.27. The predicted octanol–water partition coefficient (Wildman–Crippen LogP) is 4.14. The molecular formula is C20H18F3N3O2S. The van der Waals surface area contributed by atoms with Crippen molar-refractivity contribution in [1.29, 1.82) is 0 Å². The standard InChI is InChI=1S/C20H18F3N3O2S/c21-20(22,23)13-28-11-15-6-4-14(5-7-15)10-25-18(27)9-16-12-29-19(26-16)17-3-1-2-8-24-17/h1-8,12H,9-11,13H2,(H,25,27). The average Bonchev–Trinajstić information content (AvgIpc) is 3.15. The Balaban J connectivity index is 1.44. The van der Waals surface area contributed by atoms with Gasteiger partial charge < -0.3 is 10.1 Å². The van der Waals surface area contributed by atoms with Crippen molar-refractivity contribution in [2.24, 2.45) is 0 Å². The molecule has 3 aromatic rings. The highest BCUT2D eigenvalue weighted by molar-refractivity contribution is 7.13. The highest BCUT2D eigenvalue weighted by Crippen LogP contribution is 2.21. The van der Waals surface area contributed by atoms with E-state index in [2.05, 4.69) is 20.0 Å². The van der Waals surface area contributed by atoms with Crippen LogP contribution < -0.4 is 5.32 Å². The van der Waals surface area contributed by atoms with E-state index in [0.29, 0.717) is 17.8 Å².